The van der Waals surface area contributed by atoms with Gasteiger partial charge in [0.05, 0.1) is 23.8 Å². The van der Waals surface area contributed by atoms with Gasteiger partial charge in [0.25, 0.3) is 5.56 Å². The highest BCUT2D eigenvalue weighted by Crippen LogP contribution is 2.61. The summed E-state index contributed by atoms with van der Waals surface area (Å²) in [4.78, 5) is 28.3. The molecule has 4 heterocycles. The van der Waals surface area contributed by atoms with Gasteiger partial charge in [-0.15, -0.1) is 0 Å². The molecule has 248 valence electrons. The number of para-hydroxylation sites is 1. The van der Waals surface area contributed by atoms with Gasteiger partial charge in [0, 0.05) is 32.2 Å². The van der Waals surface area contributed by atoms with Crippen molar-refractivity contribution in [2.45, 2.75) is 76.3 Å². The zero-order chi connectivity index (χ0) is 33.1. The lowest BCUT2D eigenvalue weighted by atomic mass is 9.96. The number of hydrogen-bond donors (Lipinski definition) is 1. The molecule has 16 heteroatoms. The summed E-state index contributed by atoms with van der Waals surface area (Å²) >= 11 is 19.9. The van der Waals surface area contributed by atoms with Crippen LogP contribution >= 0.6 is 50.5 Å². The quantitative estimate of drug-likeness (QED) is 0.144. The number of halogens is 4. The average Bonchev–Trinajstić information content (AvgIpc) is 3.69. The maximum absolute atomic E-state index is 11.5. The zero-order valence-electron chi connectivity index (χ0n) is 25.8. The van der Waals surface area contributed by atoms with Gasteiger partial charge in [0.15, 0.2) is 11.3 Å². The number of aromatic nitrogens is 8. The van der Waals surface area contributed by atoms with Gasteiger partial charge in [-0.25, -0.2) is 15.0 Å². The molecule has 5 aromatic rings. The average molecular weight is 729 g/mol. The Morgan fingerprint density at radius 2 is 1.28 bits per heavy atom. The van der Waals surface area contributed by atoms with Gasteiger partial charge in [-0.3, -0.25) is 18.7 Å². The maximum Gasteiger partial charge on any atom is 0.339 e. The van der Waals surface area contributed by atoms with Crippen LogP contribution in [0.2, 0.25) is 5.15 Å². The number of nitrogens with one attached hydrogen (secondary N) is 1. The molecule has 46 heavy (non-hydrogen) atoms. The van der Waals surface area contributed by atoms with Crippen molar-refractivity contribution in [1.82, 2.24) is 39.5 Å². The highest BCUT2D eigenvalue weighted by atomic mass is 36.0. The first-order valence-electron chi connectivity index (χ1n) is 15.2. The maximum atomic E-state index is 11.5. The van der Waals surface area contributed by atoms with Crippen molar-refractivity contribution in [1.29, 1.82) is 0 Å². The third-order valence-electron chi connectivity index (χ3n) is 7.80. The molecule has 0 atom stereocenters. The van der Waals surface area contributed by atoms with Gasteiger partial charge >= 0.3 is 5.20 Å². The van der Waals surface area contributed by atoms with Gasteiger partial charge in [-0.2, -0.15) is 10.2 Å². The fourth-order valence-electron chi connectivity index (χ4n) is 5.49. The molecule has 2 fully saturated rings. The summed E-state index contributed by atoms with van der Waals surface area (Å²) < 4.78 is 13.5. The van der Waals surface area contributed by atoms with Gasteiger partial charge in [0.2, 0.25) is 0 Å². The second kappa shape index (κ2) is 17.5. The van der Waals surface area contributed by atoms with E-state index in [9.17, 15) is 9.36 Å². The molecule has 7 rings (SSSR count). The van der Waals surface area contributed by atoms with Crippen molar-refractivity contribution in [3.05, 3.63) is 70.9 Å². The van der Waals surface area contributed by atoms with Crippen molar-refractivity contribution in [3.8, 4) is 0 Å². The first kappa shape index (κ1) is 36.2. The van der Waals surface area contributed by atoms with Crippen molar-refractivity contribution in [3.63, 3.8) is 0 Å². The SMILES string of the molecule is CN(C)c1ccccc1.Clc1ncnc2nn(C3CCCCC3)cc12.O=P(Cl)(Cl)Cl.O=c1[nH]cnc2nn(C3CCCCC3)cc12. The second-order valence-electron chi connectivity index (χ2n) is 11.3. The van der Waals surface area contributed by atoms with E-state index in [2.05, 4.69) is 80.9 Å². The molecule has 11 nitrogen and oxygen atoms in total. The van der Waals surface area contributed by atoms with Crippen LogP contribution in [0.4, 0.5) is 5.69 Å². The van der Waals surface area contributed by atoms with Crippen LogP contribution in [0.1, 0.15) is 76.3 Å². The first-order chi connectivity index (χ1) is 22.0. The Morgan fingerprint density at radius 1 is 0.783 bits per heavy atom. The van der Waals surface area contributed by atoms with Crippen molar-refractivity contribution < 1.29 is 4.57 Å². The van der Waals surface area contributed by atoms with Crippen molar-refractivity contribution >= 4 is 78.3 Å². The lowest BCUT2D eigenvalue weighted by Crippen LogP contribution is -2.13. The highest BCUT2D eigenvalue weighted by Gasteiger charge is 2.18. The third-order valence-corrected chi connectivity index (χ3v) is 8.10. The molecule has 0 amide bonds. The fourth-order valence-corrected chi connectivity index (χ4v) is 5.66. The van der Waals surface area contributed by atoms with Crippen molar-refractivity contribution in [2.75, 3.05) is 19.0 Å². The van der Waals surface area contributed by atoms with Crippen LogP contribution in [0.5, 0.6) is 0 Å². The Labute approximate surface area is 287 Å². The third kappa shape index (κ3) is 11.2. The van der Waals surface area contributed by atoms with Gasteiger partial charge < -0.3 is 9.88 Å². The lowest BCUT2D eigenvalue weighted by Gasteiger charge is -2.21. The van der Waals surface area contributed by atoms with Crippen LogP contribution in [0.3, 0.4) is 0 Å². The molecule has 0 aliphatic heterocycles. The van der Waals surface area contributed by atoms with Crippen LogP contribution in [-0.4, -0.2) is 53.6 Å². The summed E-state index contributed by atoms with van der Waals surface area (Å²) in [5.41, 5.74) is 2.39. The van der Waals surface area contributed by atoms with Gasteiger partial charge in [0.1, 0.15) is 16.9 Å². The summed E-state index contributed by atoms with van der Waals surface area (Å²) in [6, 6.07) is 11.2. The molecule has 0 unspecified atom stereocenters. The van der Waals surface area contributed by atoms with E-state index in [1.165, 1.54) is 69.7 Å². The second-order valence-corrected chi connectivity index (χ2v) is 18.3. The minimum Gasteiger partial charge on any atom is -0.378 e. The molecule has 1 N–H and O–H groups in total. The molecule has 4 aromatic heterocycles. The minimum atomic E-state index is -3.22. The number of H-pyrrole nitrogens is 1. The molecule has 1 aromatic carbocycles. The number of aromatic amines is 1. The summed E-state index contributed by atoms with van der Waals surface area (Å²) in [5, 5.41) is 7.58. The van der Waals surface area contributed by atoms with Crippen LogP contribution in [-0.2, 0) is 4.57 Å². The van der Waals surface area contributed by atoms with Gasteiger partial charge in [-0.05, 0) is 71.5 Å². The molecular weight excluding hydrogens is 691 g/mol. The molecule has 2 aliphatic rings. The Bertz CT molecular complexity index is 1750. The molecule has 2 aliphatic carbocycles. The standard InChI is InChI=1S/C11H13ClN4.C11H14N4O.C8H11N.Cl3OP/c12-10-9-6-16(8-4-2-1-3-5-8)15-11(9)14-7-13-10;16-11-9-6-15(8-4-2-1-3-5-8)14-10(9)12-7-13-11;1-9(2)8-6-4-3-5-7-8;1-5(2,3)4/h6-8H,1-5H2;6-8H,1-5H2,(H,12,13,14,16);3-7H,1-2H3;. The Morgan fingerprint density at radius 3 is 1.74 bits per heavy atom. The molecule has 0 bridgehead atoms. The summed E-state index contributed by atoms with van der Waals surface area (Å²) in [6.07, 6.45) is 19.2. The van der Waals surface area contributed by atoms with Crippen LogP contribution in [0.25, 0.3) is 22.1 Å². The van der Waals surface area contributed by atoms with E-state index >= 15 is 0 Å². The largest absolute Gasteiger partial charge is 0.378 e. The smallest absolute Gasteiger partial charge is 0.339 e. The first-order valence-corrected chi connectivity index (χ1v) is 20.0. The summed E-state index contributed by atoms with van der Waals surface area (Å²) in [6.45, 7) is 0. The van der Waals surface area contributed by atoms with E-state index in [1.807, 2.05) is 54.1 Å². The topological polar surface area (TPSA) is 127 Å². The van der Waals surface area contributed by atoms with E-state index in [0.29, 0.717) is 33.9 Å². The predicted molar refractivity (Wildman–Crippen MR) is 189 cm³/mol. The number of nitrogens with zero attached hydrogens (tertiary/aromatic N) is 8. The van der Waals surface area contributed by atoms with Gasteiger partial charge in [-0.1, -0.05) is 68.3 Å². The molecule has 2 saturated carbocycles. The Balaban J connectivity index is 0.000000151. The monoisotopic (exact) mass is 727 g/mol. The minimum absolute atomic E-state index is 0.105. The number of rotatable bonds is 3. The normalized spacial score (nSPS) is 15.6. The van der Waals surface area contributed by atoms with Crippen LogP contribution < -0.4 is 10.5 Å². The number of hydrogen-bond acceptors (Lipinski definition) is 8. The van der Waals surface area contributed by atoms with Crippen LogP contribution in [0, 0.1) is 0 Å². The highest BCUT2D eigenvalue weighted by molar-refractivity contribution is 8.24. The number of fused-ring (bicyclic) bond motifs is 2. The number of benzene rings is 1. The summed E-state index contributed by atoms with van der Waals surface area (Å²) in [5.74, 6) is 0. The van der Waals surface area contributed by atoms with E-state index in [4.69, 9.17) is 11.6 Å². The zero-order valence-corrected chi connectivity index (χ0v) is 29.7. The molecule has 0 radical (unpaired) electrons. The van der Waals surface area contributed by atoms with Crippen molar-refractivity contribution in [2.24, 2.45) is 0 Å². The van der Waals surface area contributed by atoms with E-state index in [-0.39, 0.29) is 5.56 Å². The lowest BCUT2D eigenvalue weighted by molar-refractivity contribution is 0.331. The van der Waals surface area contributed by atoms with E-state index < -0.39 is 5.20 Å². The van der Waals surface area contributed by atoms with Crippen LogP contribution in [0.15, 0.2) is 60.2 Å². The summed E-state index contributed by atoms with van der Waals surface area (Å²) in [7, 11) is 4.07. The molecule has 0 spiro atoms. The van der Waals surface area contributed by atoms with E-state index in [0.717, 1.165) is 18.2 Å². The fraction of sp³-hybridized carbons (Fsp3) is 0.467. The predicted octanol–water partition coefficient (Wildman–Crippen LogP) is 9.17. The Kier molecular flexibility index (Phi) is 13.7. The molecular formula is C30H38Cl4N9O2P. The number of anilines is 1. The Hall–Kier alpha value is -2.69. The van der Waals surface area contributed by atoms with E-state index in [1.54, 1.807) is 0 Å². The molecule has 0 saturated heterocycles.